The van der Waals surface area contributed by atoms with Crippen molar-refractivity contribution in [3.05, 3.63) is 39.3 Å². The Morgan fingerprint density at radius 1 is 1.19 bits per heavy atom. The minimum Gasteiger partial charge on any atom is -0.343 e. The van der Waals surface area contributed by atoms with Gasteiger partial charge in [-0.2, -0.15) is 0 Å². The molecule has 7 heteroatoms. The summed E-state index contributed by atoms with van der Waals surface area (Å²) in [5, 5.41) is 3.34. The molecule has 0 unspecified atom stereocenters. The molecule has 0 aliphatic carbocycles. The Morgan fingerprint density at radius 3 is 2.44 bits per heavy atom. The van der Waals surface area contributed by atoms with E-state index in [1.807, 2.05) is 0 Å². The summed E-state index contributed by atoms with van der Waals surface area (Å²) in [4.78, 5) is 0. The first kappa shape index (κ1) is 11.5. The van der Waals surface area contributed by atoms with Crippen LogP contribution < -0.4 is 0 Å². The van der Waals surface area contributed by atoms with Crippen molar-refractivity contribution in [2.45, 2.75) is 0 Å². The van der Waals surface area contributed by atoms with Crippen molar-refractivity contribution in [2.24, 2.45) is 0 Å². The van der Waals surface area contributed by atoms with E-state index >= 15 is 0 Å². The van der Waals surface area contributed by atoms with E-state index in [9.17, 15) is 13.2 Å². The molecule has 84 valence electrons. The number of nitrogens with zero attached hydrogens (tertiary/aromatic N) is 1. The Hall–Kier alpha value is -1.01. The van der Waals surface area contributed by atoms with E-state index in [1.54, 1.807) is 0 Å². The zero-order chi connectivity index (χ0) is 11.9. The van der Waals surface area contributed by atoms with Crippen LogP contribution >= 0.6 is 27.5 Å². The summed E-state index contributed by atoms with van der Waals surface area (Å²) in [6, 6.07) is 1.84. The molecular weight excluding hydrogens is 310 g/mol. The van der Waals surface area contributed by atoms with Crippen molar-refractivity contribution in [3.63, 3.8) is 0 Å². The van der Waals surface area contributed by atoms with Gasteiger partial charge in [-0.25, -0.2) is 13.2 Å². The predicted molar refractivity (Wildman–Crippen MR) is 54.5 cm³/mol. The molecule has 1 aromatic heterocycles. The lowest BCUT2D eigenvalue weighted by atomic mass is 10.1. The highest BCUT2D eigenvalue weighted by atomic mass is 79.9. The molecule has 0 aliphatic heterocycles. The van der Waals surface area contributed by atoms with Gasteiger partial charge in [-0.15, -0.1) is 0 Å². The van der Waals surface area contributed by atoms with Gasteiger partial charge in [0.15, 0.2) is 17.5 Å². The van der Waals surface area contributed by atoms with Crippen molar-refractivity contribution < 1.29 is 17.7 Å². The molecule has 0 saturated heterocycles. The molecule has 0 amide bonds. The standard InChI is InChI=1S/C9H2BrClF3NO/c10-5-8(15-16-9(5)11)3-1-2-4(12)7(14)6(3)13/h1-2H. The van der Waals surface area contributed by atoms with Crippen LogP contribution in [-0.4, -0.2) is 5.16 Å². The number of halogens is 5. The fourth-order valence-electron chi connectivity index (χ4n) is 1.14. The van der Waals surface area contributed by atoms with E-state index in [1.165, 1.54) is 0 Å². The van der Waals surface area contributed by atoms with Crippen LogP contribution in [0, 0.1) is 17.5 Å². The summed E-state index contributed by atoms with van der Waals surface area (Å²) in [5.74, 6) is -4.18. The monoisotopic (exact) mass is 311 g/mol. The molecule has 2 nitrogen and oxygen atoms in total. The smallest absolute Gasteiger partial charge is 0.240 e. The van der Waals surface area contributed by atoms with Crippen LogP contribution in [0.1, 0.15) is 0 Å². The van der Waals surface area contributed by atoms with Gasteiger partial charge in [0.05, 0.1) is 0 Å². The SMILES string of the molecule is Fc1ccc(-c2noc(Cl)c2Br)c(F)c1F. The molecule has 0 aliphatic rings. The van der Waals surface area contributed by atoms with Crippen LogP contribution in [0.3, 0.4) is 0 Å². The fourth-order valence-corrected chi connectivity index (χ4v) is 1.62. The van der Waals surface area contributed by atoms with Gasteiger partial charge >= 0.3 is 0 Å². The molecule has 2 aromatic rings. The number of aromatic nitrogens is 1. The first-order valence-electron chi connectivity index (χ1n) is 3.97. The van der Waals surface area contributed by atoms with E-state index in [0.717, 1.165) is 12.1 Å². The zero-order valence-electron chi connectivity index (χ0n) is 7.40. The maximum absolute atomic E-state index is 13.4. The summed E-state index contributed by atoms with van der Waals surface area (Å²) in [6.07, 6.45) is 0. The highest BCUT2D eigenvalue weighted by Crippen LogP contribution is 2.35. The lowest BCUT2D eigenvalue weighted by Gasteiger charge is -2.01. The number of hydrogen-bond acceptors (Lipinski definition) is 2. The second kappa shape index (κ2) is 4.10. The second-order valence-electron chi connectivity index (χ2n) is 2.84. The minimum atomic E-state index is -1.57. The Kier molecular flexibility index (Phi) is 2.94. The molecule has 0 radical (unpaired) electrons. The van der Waals surface area contributed by atoms with Crippen molar-refractivity contribution in [3.8, 4) is 11.3 Å². The van der Waals surface area contributed by atoms with Gasteiger partial charge in [-0.05, 0) is 39.7 Å². The van der Waals surface area contributed by atoms with Gasteiger partial charge in [0.25, 0.3) is 0 Å². The molecule has 2 rings (SSSR count). The third kappa shape index (κ3) is 1.72. The van der Waals surface area contributed by atoms with E-state index in [2.05, 4.69) is 25.6 Å². The van der Waals surface area contributed by atoms with Crippen molar-refractivity contribution >= 4 is 27.5 Å². The third-order valence-corrected chi connectivity index (χ3v) is 3.11. The highest BCUT2D eigenvalue weighted by molar-refractivity contribution is 9.10. The van der Waals surface area contributed by atoms with Gasteiger partial charge < -0.3 is 4.52 Å². The normalized spacial score (nSPS) is 10.8. The van der Waals surface area contributed by atoms with Crippen LogP contribution in [0.4, 0.5) is 13.2 Å². The van der Waals surface area contributed by atoms with E-state index in [4.69, 9.17) is 11.6 Å². The predicted octanol–water partition coefficient (Wildman–Crippen LogP) is 4.17. The number of hydrogen-bond donors (Lipinski definition) is 0. The van der Waals surface area contributed by atoms with Gasteiger partial charge in [0, 0.05) is 5.56 Å². The van der Waals surface area contributed by atoms with Crippen LogP contribution in [0.2, 0.25) is 5.22 Å². The molecule has 0 atom stereocenters. The molecule has 0 saturated carbocycles. The van der Waals surface area contributed by atoms with Gasteiger partial charge in [-0.1, -0.05) is 5.16 Å². The van der Waals surface area contributed by atoms with Crippen molar-refractivity contribution in [1.29, 1.82) is 0 Å². The van der Waals surface area contributed by atoms with Gasteiger partial charge in [-0.3, -0.25) is 0 Å². The second-order valence-corrected chi connectivity index (χ2v) is 3.98. The van der Waals surface area contributed by atoms with Crippen molar-refractivity contribution in [1.82, 2.24) is 5.16 Å². The van der Waals surface area contributed by atoms with E-state index in [0.29, 0.717) is 0 Å². The Balaban J connectivity index is 2.66. The quantitative estimate of drug-likeness (QED) is 0.739. The first-order chi connectivity index (χ1) is 7.52. The first-order valence-corrected chi connectivity index (χ1v) is 5.14. The third-order valence-electron chi connectivity index (χ3n) is 1.89. The Bertz CT molecular complexity index is 558. The summed E-state index contributed by atoms with van der Waals surface area (Å²) < 4.78 is 43.8. The molecule has 1 heterocycles. The van der Waals surface area contributed by atoms with Crippen LogP contribution in [0.15, 0.2) is 21.1 Å². The molecule has 16 heavy (non-hydrogen) atoms. The minimum absolute atomic E-state index is 0.0265. The topological polar surface area (TPSA) is 26.0 Å². The van der Waals surface area contributed by atoms with Crippen molar-refractivity contribution in [2.75, 3.05) is 0 Å². The van der Waals surface area contributed by atoms with Gasteiger partial charge in [0.2, 0.25) is 5.22 Å². The maximum Gasteiger partial charge on any atom is 0.240 e. The summed E-state index contributed by atoms with van der Waals surface area (Å²) in [5.41, 5.74) is -0.261. The maximum atomic E-state index is 13.4. The number of rotatable bonds is 1. The summed E-state index contributed by atoms with van der Waals surface area (Å²) in [6.45, 7) is 0. The Morgan fingerprint density at radius 2 is 1.88 bits per heavy atom. The number of benzene rings is 1. The van der Waals surface area contributed by atoms with Gasteiger partial charge in [0.1, 0.15) is 10.2 Å². The Labute approximate surface area is 101 Å². The van der Waals surface area contributed by atoms with Crippen LogP contribution in [-0.2, 0) is 0 Å². The molecule has 0 fully saturated rings. The molecule has 0 N–H and O–H groups in total. The average molecular weight is 312 g/mol. The molecule has 0 spiro atoms. The fraction of sp³-hybridized carbons (Fsp3) is 0. The van der Waals surface area contributed by atoms with E-state index < -0.39 is 17.5 Å². The summed E-state index contributed by atoms with van der Waals surface area (Å²) in [7, 11) is 0. The lowest BCUT2D eigenvalue weighted by molar-refractivity contribution is 0.421. The van der Waals surface area contributed by atoms with Crippen LogP contribution in [0.5, 0.6) is 0 Å². The largest absolute Gasteiger partial charge is 0.343 e. The molecular formula is C9H2BrClF3NO. The zero-order valence-corrected chi connectivity index (χ0v) is 9.74. The van der Waals surface area contributed by atoms with Crippen LogP contribution in [0.25, 0.3) is 11.3 Å². The highest BCUT2D eigenvalue weighted by Gasteiger charge is 2.21. The average Bonchev–Trinajstić information content (AvgIpc) is 2.58. The molecule has 1 aromatic carbocycles. The lowest BCUT2D eigenvalue weighted by Crippen LogP contribution is -1.94. The van der Waals surface area contributed by atoms with E-state index in [-0.39, 0.29) is 20.9 Å². The summed E-state index contributed by atoms with van der Waals surface area (Å²) >= 11 is 8.53. The molecule has 0 bridgehead atoms.